The molecule has 0 bridgehead atoms. The lowest BCUT2D eigenvalue weighted by molar-refractivity contribution is -0.120. The van der Waals surface area contributed by atoms with Crippen LogP contribution in [0.1, 0.15) is 53.3 Å². The molecule has 5 heteroatoms. The van der Waals surface area contributed by atoms with Crippen LogP contribution in [0.2, 0.25) is 0 Å². The summed E-state index contributed by atoms with van der Waals surface area (Å²) in [7, 11) is 0. The van der Waals surface area contributed by atoms with Gasteiger partial charge >= 0.3 is 0 Å². The molecule has 1 unspecified atom stereocenters. The maximum atomic E-state index is 12.8. The summed E-state index contributed by atoms with van der Waals surface area (Å²) in [6.07, 6.45) is 6.35. The predicted molar refractivity (Wildman–Crippen MR) is 102 cm³/mol. The molecule has 1 heterocycles. The summed E-state index contributed by atoms with van der Waals surface area (Å²) in [6, 6.07) is 14.3. The number of carbonyl (C=O) groups is 1. The highest BCUT2D eigenvalue weighted by Gasteiger charge is 2.30. The zero-order valence-electron chi connectivity index (χ0n) is 14.6. The Balaban J connectivity index is 1.66. The molecule has 132 valence electrons. The molecule has 2 aromatic rings. The Labute approximate surface area is 158 Å². The highest BCUT2D eigenvalue weighted by atomic mass is 32.2. The Morgan fingerprint density at radius 3 is 2.73 bits per heavy atom. The van der Waals surface area contributed by atoms with Crippen LogP contribution in [-0.4, -0.2) is 16.9 Å². The third-order valence-corrected chi connectivity index (χ3v) is 6.14. The second-order valence-electron chi connectivity index (χ2n) is 6.96. The van der Waals surface area contributed by atoms with Gasteiger partial charge in [-0.3, -0.25) is 4.79 Å². The van der Waals surface area contributed by atoms with Crippen LogP contribution >= 0.6 is 11.8 Å². The molecule has 2 aliphatic rings. The quantitative estimate of drug-likeness (QED) is 0.817. The lowest BCUT2D eigenvalue weighted by Gasteiger charge is -2.20. The van der Waals surface area contributed by atoms with Gasteiger partial charge in [0.05, 0.1) is 5.56 Å². The molecule has 4 nitrogen and oxygen atoms in total. The van der Waals surface area contributed by atoms with Crippen LogP contribution in [0, 0.1) is 11.3 Å². The summed E-state index contributed by atoms with van der Waals surface area (Å²) in [5.41, 5.74) is 3.80. The number of thioether (sulfide) groups is 1. The molecule has 1 N–H and O–H groups in total. The molecule has 1 aromatic heterocycles. The van der Waals surface area contributed by atoms with E-state index in [4.69, 9.17) is 4.98 Å². The number of hydrogen-bond donors (Lipinski definition) is 1. The summed E-state index contributed by atoms with van der Waals surface area (Å²) in [6.45, 7) is 0. The van der Waals surface area contributed by atoms with Gasteiger partial charge in [0, 0.05) is 11.7 Å². The number of nitriles is 1. The van der Waals surface area contributed by atoms with E-state index in [1.807, 2.05) is 36.4 Å². The van der Waals surface area contributed by atoms with E-state index in [9.17, 15) is 10.1 Å². The number of benzene rings is 1. The molecule has 1 amide bonds. The monoisotopic (exact) mass is 363 g/mol. The van der Waals surface area contributed by atoms with Crippen LogP contribution in [0.15, 0.2) is 41.4 Å². The van der Waals surface area contributed by atoms with Crippen molar-refractivity contribution in [1.82, 2.24) is 10.3 Å². The zero-order valence-corrected chi connectivity index (χ0v) is 15.4. The van der Waals surface area contributed by atoms with E-state index in [1.54, 1.807) is 0 Å². The van der Waals surface area contributed by atoms with Crippen molar-refractivity contribution in [3.63, 3.8) is 0 Å². The van der Waals surface area contributed by atoms with Gasteiger partial charge in [0.1, 0.15) is 16.3 Å². The van der Waals surface area contributed by atoms with Crippen molar-refractivity contribution >= 4 is 17.7 Å². The molecular formula is C21H21N3OS. The maximum Gasteiger partial charge on any atom is 0.238 e. The van der Waals surface area contributed by atoms with E-state index >= 15 is 0 Å². The number of hydrogen-bond acceptors (Lipinski definition) is 4. The Kier molecular flexibility index (Phi) is 4.94. The maximum absolute atomic E-state index is 12.8. The van der Waals surface area contributed by atoms with Crippen molar-refractivity contribution in [1.29, 1.82) is 5.26 Å². The van der Waals surface area contributed by atoms with Gasteiger partial charge < -0.3 is 5.32 Å². The number of carbonyl (C=O) groups excluding carboxylic acids is 1. The molecule has 2 aliphatic carbocycles. The third kappa shape index (κ3) is 3.76. The number of pyridine rings is 1. The van der Waals surface area contributed by atoms with E-state index in [2.05, 4.69) is 11.4 Å². The van der Waals surface area contributed by atoms with Gasteiger partial charge in [0.15, 0.2) is 0 Å². The number of nitrogens with zero attached hydrogens (tertiary/aromatic N) is 2. The topological polar surface area (TPSA) is 65.8 Å². The minimum atomic E-state index is -0.391. The van der Waals surface area contributed by atoms with E-state index < -0.39 is 5.25 Å². The van der Waals surface area contributed by atoms with Gasteiger partial charge in [0.25, 0.3) is 0 Å². The second kappa shape index (κ2) is 7.51. The average molecular weight is 363 g/mol. The van der Waals surface area contributed by atoms with Crippen molar-refractivity contribution in [2.75, 3.05) is 0 Å². The normalized spacial score (nSPS) is 17.0. The van der Waals surface area contributed by atoms with Crippen molar-refractivity contribution in [3.05, 3.63) is 58.8 Å². The van der Waals surface area contributed by atoms with Gasteiger partial charge in [0.2, 0.25) is 5.91 Å². The first kappa shape index (κ1) is 17.1. The number of rotatable bonds is 5. The fourth-order valence-electron chi connectivity index (χ4n) is 3.30. The molecule has 0 radical (unpaired) electrons. The van der Waals surface area contributed by atoms with Gasteiger partial charge in [-0.15, -0.1) is 0 Å². The van der Waals surface area contributed by atoms with Crippen LogP contribution in [0.4, 0.5) is 0 Å². The standard InChI is InChI=1S/C21H21N3OS/c22-13-16-12-15-8-4-5-9-18(15)24-21(16)26-19(14-6-2-1-3-7-14)20(25)23-17-10-11-17/h1-3,6-7,12,17,19H,4-5,8-11H2,(H,23,25). The summed E-state index contributed by atoms with van der Waals surface area (Å²) >= 11 is 1.40. The first-order valence-corrected chi connectivity index (χ1v) is 10.1. The molecule has 1 atom stereocenters. The molecule has 0 spiro atoms. The van der Waals surface area contributed by atoms with Crippen LogP contribution in [0.3, 0.4) is 0 Å². The summed E-state index contributed by atoms with van der Waals surface area (Å²) in [5, 5.41) is 13.0. The fourth-order valence-corrected chi connectivity index (χ4v) is 4.39. The molecule has 26 heavy (non-hydrogen) atoms. The number of aromatic nitrogens is 1. The largest absolute Gasteiger partial charge is 0.352 e. The first-order chi connectivity index (χ1) is 12.7. The molecule has 1 saturated carbocycles. The minimum absolute atomic E-state index is 0.00658. The SMILES string of the molecule is N#Cc1cc2c(nc1SC(C(=O)NC1CC1)c1ccccc1)CCCC2. The fraction of sp³-hybridized carbons (Fsp3) is 0.381. The van der Waals surface area contributed by atoms with Crippen molar-refractivity contribution in [2.45, 2.75) is 54.8 Å². The smallest absolute Gasteiger partial charge is 0.238 e. The van der Waals surface area contributed by atoms with E-state index in [0.29, 0.717) is 16.6 Å². The highest BCUT2D eigenvalue weighted by Crippen LogP contribution is 2.38. The van der Waals surface area contributed by atoms with Gasteiger partial charge in [-0.05, 0) is 55.7 Å². The first-order valence-electron chi connectivity index (χ1n) is 9.19. The van der Waals surface area contributed by atoms with E-state index in [0.717, 1.165) is 49.8 Å². The Morgan fingerprint density at radius 2 is 2.00 bits per heavy atom. The lowest BCUT2D eigenvalue weighted by Crippen LogP contribution is -2.29. The van der Waals surface area contributed by atoms with Crippen molar-refractivity contribution < 1.29 is 4.79 Å². The summed E-state index contributed by atoms with van der Waals surface area (Å²) in [5.74, 6) is 0.00658. The molecule has 0 saturated heterocycles. The molecular weight excluding hydrogens is 342 g/mol. The minimum Gasteiger partial charge on any atom is -0.352 e. The van der Waals surface area contributed by atoms with Crippen LogP contribution in [-0.2, 0) is 17.6 Å². The van der Waals surface area contributed by atoms with Gasteiger partial charge in [-0.1, -0.05) is 42.1 Å². The highest BCUT2D eigenvalue weighted by molar-refractivity contribution is 8.00. The van der Waals surface area contributed by atoms with E-state index in [1.165, 1.54) is 17.3 Å². The average Bonchev–Trinajstić information content (AvgIpc) is 3.50. The van der Waals surface area contributed by atoms with E-state index in [-0.39, 0.29) is 5.91 Å². The number of amides is 1. The Bertz CT molecular complexity index is 856. The predicted octanol–water partition coefficient (Wildman–Crippen LogP) is 3.94. The molecule has 0 aliphatic heterocycles. The van der Waals surface area contributed by atoms with Crippen LogP contribution < -0.4 is 5.32 Å². The third-order valence-electron chi connectivity index (χ3n) is 4.88. The Hall–Kier alpha value is -2.32. The number of fused-ring (bicyclic) bond motifs is 1. The zero-order chi connectivity index (χ0) is 17.9. The molecule has 1 aromatic carbocycles. The summed E-state index contributed by atoms with van der Waals surface area (Å²) in [4.78, 5) is 17.6. The molecule has 1 fully saturated rings. The Morgan fingerprint density at radius 1 is 1.23 bits per heavy atom. The van der Waals surface area contributed by atoms with Crippen LogP contribution in [0.25, 0.3) is 0 Å². The number of aryl methyl sites for hydroxylation is 2. The van der Waals surface area contributed by atoms with Crippen molar-refractivity contribution in [3.8, 4) is 6.07 Å². The second-order valence-corrected chi connectivity index (χ2v) is 8.05. The summed E-state index contributed by atoms with van der Waals surface area (Å²) < 4.78 is 0. The lowest BCUT2D eigenvalue weighted by atomic mass is 9.95. The van der Waals surface area contributed by atoms with Crippen molar-refractivity contribution in [2.24, 2.45) is 0 Å². The van der Waals surface area contributed by atoms with Gasteiger partial charge in [-0.25, -0.2) is 4.98 Å². The number of nitrogens with one attached hydrogen (secondary N) is 1. The van der Waals surface area contributed by atoms with Gasteiger partial charge in [-0.2, -0.15) is 5.26 Å². The molecule has 4 rings (SSSR count). The van der Waals surface area contributed by atoms with Crippen LogP contribution in [0.5, 0.6) is 0 Å².